The Morgan fingerprint density at radius 3 is 3.00 bits per heavy atom. The normalized spacial score (nSPS) is 16.8. The third kappa shape index (κ3) is 4.09. The molecule has 0 saturated heterocycles. The summed E-state index contributed by atoms with van der Waals surface area (Å²) in [6.07, 6.45) is 1.56. The summed E-state index contributed by atoms with van der Waals surface area (Å²) in [6, 6.07) is 8.13. The molecule has 0 bridgehead atoms. The van der Waals surface area contributed by atoms with Gasteiger partial charge in [-0.1, -0.05) is 30.0 Å². The first-order chi connectivity index (χ1) is 12.6. The van der Waals surface area contributed by atoms with Gasteiger partial charge in [0.15, 0.2) is 5.13 Å². The summed E-state index contributed by atoms with van der Waals surface area (Å²) < 4.78 is 14.1. The lowest BCUT2D eigenvalue weighted by molar-refractivity contribution is -0.121. The molecular weight excluding hydrogens is 375 g/mol. The van der Waals surface area contributed by atoms with Crippen LogP contribution in [0.2, 0.25) is 0 Å². The number of nitriles is 1. The molecule has 1 aliphatic rings. The first-order valence-corrected chi connectivity index (χ1v) is 9.45. The third-order valence-electron chi connectivity index (χ3n) is 3.66. The number of amides is 2. The molecule has 0 spiro atoms. The number of hydrogen-bond acceptors (Lipinski definition) is 6. The fourth-order valence-corrected chi connectivity index (χ4v) is 3.96. The molecule has 1 atom stereocenters. The Balaban J connectivity index is 1.79. The summed E-state index contributed by atoms with van der Waals surface area (Å²) in [5.74, 6) is -1.77. The molecule has 0 radical (unpaired) electrons. The lowest BCUT2D eigenvalue weighted by Gasteiger charge is -2.25. The Morgan fingerprint density at radius 2 is 2.31 bits per heavy atom. The Kier molecular flexibility index (Phi) is 5.65. The Labute approximate surface area is 157 Å². The third-order valence-corrected chi connectivity index (χ3v) is 5.37. The molecule has 0 aliphatic carbocycles. The van der Waals surface area contributed by atoms with Crippen LogP contribution in [0.15, 0.2) is 46.4 Å². The SMILES string of the molecule is N#CC1=C(SCC(=O)Nc2nccs2)NC(=O)C[C@H]1c1ccccc1F. The van der Waals surface area contributed by atoms with Crippen LogP contribution in [0.1, 0.15) is 17.9 Å². The monoisotopic (exact) mass is 388 g/mol. The van der Waals surface area contributed by atoms with E-state index < -0.39 is 11.7 Å². The van der Waals surface area contributed by atoms with Gasteiger partial charge in [0.05, 0.1) is 22.4 Å². The lowest BCUT2D eigenvalue weighted by Crippen LogP contribution is -2.31. The molecule has 3 rings (SSSR count). The minimum atomic E-state index is -0.667. The average molecular weight is 388 g/mol. The molecule has 0 unspecified atom stereocenters. The zero-order valence-electron chi connectivity index (χ0n) is 13.4. The number of allylic oxidation sites excluding steroid dienone is 1. The summed E-state index contributed by atoms with van der Waals surface area (Å²) in [7, 11) is 0. The van der Waals surface area contributed by atoms with Gasteiger partial charge < -0.3 is 10.6 Å². The van der Waals surface area contributed by atoms with Crippen molar-refractivity contribution in [1.29, 1.82) is 5.26 Å². The Morgan fingerprint density at radius 1 is 1.50 bits per heavy atom. The topological polar surface area (TPSA) is 94.9 Å². The standard InChI is InChI=1S/C17H13FN4O2S2/c18-13-4-2-1-3-10(13)11-7-14(23)21-16(12(11)8-19)26-9-15(24)22-17-20-5-6-25-17/h1-6,11H,7,9H2,(H,21,23)(H,20,22,24)/t11-/m0/s1. The maximum atomic E-state index is 14.1. The summed E-state index contributed by atoms with van der Waals surface area (Å²) in [5.41, 5.74) is 0.547. The van der Waals surface area contributed by atoms with E-state index in [1.807, 2.05) is 0 Å². The zero-order chi connectivity index (χ0) is 18.5. The van der Waals surface area contributed by atoms with Crippen molar-refractivity contribution in [1.82, 2.24) is 10.3 Å². The number of halogens is 1. The molecular formula is C17H13FN4O2S2. The van der Waals surface area contributed by atoms with Gasteiger partial charge in [-0.25, -0.2) is 9.37 Å². The second kappa shape index (κ2) is 8.12. The van der Waals surface area contributed by atoms with Crippen LogP contribution in [0.5, 0.6) is 0 Å². The molecule has 26 heavy (non-hydrogen) atoms. The van der Waals surface area contributed by atoms with Gasteiger partial charge in [0.25, 0.3) is 0 Å². The predicted octanol–water partition coefficient (Wildman–Crippen LogP) is 2.99. The molecule has 0 saturated carbocycles. The van der Waals surface area contributed by atoms with Crippen LogP contribution in [0.25, 0.3) is 0 Å². The van der Waals surface area contributed by atoms with E-state index in [1.165, 1.54) is 17.4 Å². The molecule has 1 aliphatic heterocycles. The number of thiazole rings is 1. The van der Waals surface area contributed by atoms with E-state index in [9.17, 15) is 19.2 Å². The molecule has 9 heteroatoms. The number of nitrogens with one attached hydrogen (secondary N) is 2. The predicted molar refractivity (Wildman–Crippen MR) is 97.7 cm³/mol. The maximum Gasteiger partial charge on any atom is 0.236 e. The van der Waals surface area contributed by atoms with Crippen molar-refractivity contribution >= 4 is 40.0 Å². The number of nitrogens with zero attached hydrogens (tertiary/aromatic N) is 2. The highest BCUT2D eigenvalue weighted by molar-refractivity contribution is 8.03. The average Bonchev–Trinajstić information content (AvgIpc) is 3.13. The van der Waals surface area contributed by atoms with Crippen LogP contribution in [-0.4, -0.2) is 22.6 Å². The van der Waals surface area contributed by atoms with Crippen molar-refractivity contribution in [2.24, 2.45) is 0 Å². The number of carbonyl (C=O) groups excluding carboxylic acids is 2. The number of benzene rings is 1. The van der Waals surface area contributed by atoms with Crippen LogP contribution in [0, 0.1) is 17.1 Å². The van der Waals surface area contributed by atoms with Crippen molar-refractivity contribution in [2.75, 3.05) is 11.1 Å². The fourth-order valence-electron chi connectivity index (χ4n) is 2.53. The number of anilines is 1. The molecule has 2 heterocycles. The van der Waals surface area contributed by atoms with E-state index in [0.717, 1.165) is 11.8 Å². The number of rotatable bonds is 5. The number of carbonyl (C=O) groups is 2. The van der Waals surface area contributed by atoms with Gasteiger partial charge in [-0.15, -0.1) is 11.3 Å². The summed E-state index contributed by atoms with van der Waals surface area (Å²) >= 11 is 2.32. The number of hydrogen-bond donors (Lipinski definition) is 2. The van der Waals surface area contributed by atoms with E-state index in [1.54, 1.807) is 29.8 Å². The van der Waals surface area contributed by atoms with Gasteiger partial charge in [0.1, 0.15) is 5.82 Å². The van der Waals surface area contributed by atoms with Crippen LogP contribution in [0.3, 0.4) is 0 Å². The highest BCUT2D eigenvalue weighted by Crippen LogP contribution is 2.36. The molecule has 2 amide bonds. The zero-order valence-corrected chi connectivity index (χ0v) is 15.0. The van der Waals surface area contributed by atoms with Crippen molar-refractivity contribution in [3.05, 3.63) is 57.8 Å². The second-order valence-electron chi connectivity index (χ2n) is 5.36. The van der Waals surface area contributed by atoms with Crippen molar-refractivity contribution < 1.29 is 14.0 Å². The van der Waals surface area contributed by atoms with Crippen molar-refractivity contribution in [2.45, 2.75) is 12.3 Å². The Hall–Kier alpha value is -2.70. The van der Waals surface area contributed by atoms with Crippen LogP contribution in [0.4, 0.5) is 9.52 Å². The molecule has 2 aromatic rings. The van der Waals surface area contributed by atoms with Gasteiger partial charge in [-0.2, -0.15) is 5.26 Å². The summed E-state index contributed by atoms with van der Waals surface area (Å²) in [5, 5.41) is 17.3. The molecule has 2 N–H and O–H groups in total. The highest BCUT2D eigenvalue weighted by atomic mass is 32.2. The molecule has 132 valence electrons. The highest BCUT2D eigenvalue weighted by Gasteiger charge is 2.31. The van der Waals surface area contributed by atoms with Gasteiger partial charge in [0.2, 0.25) is 11.8 Å². The molecule has 0 fully saturated rings. The fraction of sp³-hybridized carbons (Fsp3) is 0.176. The minimum absolute atomic E-state index is 0.00956. The van der Waals surface area contributed by atoms with Crippen molar-refractivity contribution in [3.8, 4) is 6.07 Å². The van der Waals surface area contributed by atoms with Gasteiger partial charge in [-0.05, 0) is 11.6 Å². The van der Waals surface area contributed by atoms with Crippen molar-refractivity contribution in [3.63, 3.8) is 0 Å². The number of aromatic nitrogens is 1. The largest absolute Gasteiger partial charge is 0.320 e. The van der Waals surface area contributed by atoms with E-state index in [-0.39, 0.29) is 34.6 Å². The van der Waals surface area contributed by atoms with E-state index in [4.69, 9.17) is 0 Å². The van der Waals surface area contributed by atoms with Crippen LogP contribution >= 0.6 is 23.1 Å². The summed E-state index contributed by atoms with van der Waals surface area (Å²) in [6.45, 7) is 0. The van der Waals surface area contributed by atoms with Gasteiger partial charge in [0, 0.05) is 23.9 Å². The minimum Gasteiger partial charge on any atom is -0.320 e. The molecule has 1 aromatic carbocycles. The first kappa shape index (κ1) is 18.1. The second-order valence-corrected chi connectivity index (χ2v) is 7.24. The van der Waals surface area contributed by atoms with E-state index >= 15 is 0 Å². The smallest absolute Gasteiger partial charge is 0.236 e. The Bertz CT molecular complexity index is 906. The number of thioether (sulfide) groups is 1. The molecule has 1 aromatic heterocycles. The van der Waals surface area contributed by atoms with Gasteiger partial charge >= 0.3 is 0 Å². The van der Waals surface area contributed by atoms with Crippen LogP contribution in [-0.2, 0) is 9.59 Å². The quantitative estimate of drug-likeness (QED) is 0.821. The first-order valence-electron chi connectivity index (χ1n) is 7.59. The van der Waals surface area contributed by atoms with E-state index in [0.29, 0.717) is 10.7 Å². The van der Waals surface area contributed by atoms with Gasteiger partial charge in [-0.3, -0.25) is 9.59 Å². The molecule has 6 nitrogen and oxygen atoms in total. The van der Waals surface area contributed by atoms with Crippen LogP contribution < -0.4 is 10.6 Å². The van der Waals surface area contributed by atoms with E-state index in [2.05, 4.69) is 21.7 Å². The maximum absolute atomic E-state index is 14.1. The lowest BCUT2D eigenvalue weighted by atomic mass is 9.87. The summed E-state index contributed by atoms with van der Waals surface area (Å²) in [4.78, 5) is 28.0.